The van der Waals surface area contributed by atoms with Gasteiger partial charge in [0.15, 0.2) is 5.88 Å². The Morgan fingerprint density at radius 1 is 0.654 bits per heavy atom. The van der Waals surface area contributed by atoms with Gasteiger partial charge in [-0.25, -0.2) is 4.79 Å². The average molecular weight is 733 g/mol. The molecule has 1 amide bonds. The summed E-state index contributed by atoms with van der Waals surface area (Å²) in [4.78, 5) is 13.3. The molecule has 0 bridgehead atoms. The Morgan fingerprint density at radius 3 is 1.38 bits per heavy atom. The lowest BCUT2D eigenvalue weighted by Crippen LogP contribution is -2.52. The molecule has 0 aromatic heterocycles. The lowest BCUT2D eigenvalue weighted by Gasteiger charge is -2.47. The SMILES string of the molecule is C=CCOCC(COCC=C)(COCC=C)COC(=C)NCC1(C)CC(NC(=O)OCC(COCC=C)(COCC=C)COCC=C)CC(C)C1C. The summed E-state index contributed by atoms with van der Waals surface area (Å²) in [7, 11) is 0. The number of rotatable bonds is 33. The molecule has 0 heterocycles. The van der Waals surface area contributed by atoms with Crippen LogP contribution in [0.4, 0.5) is 4.79 Å². The molecule has 0 radical (unpaired) electrons. The molecule has 1 saturated carbocycles. The van der Waals surface area contributed by atoms with Crippen LogP contribution in [-0.4, -0.2) is 111 Å². The molecule has 11 heteroatoms. The van der Waals surface area contributed by atoms with Crippen molar-refractivity contribution in [3.8, 4) is 0 Å². The molecule has 52 heavy (non-hydrogen) atoms. The topological polar surface area (TPSA) is 115 Å². The van der Waals surface area contributed by atoms with Crippen molar-refractivity contribution in [3.05, 3.63) is 88.4 Å². The zero-order valence-electron chi connectivity index (χ0n) is 32.3. The van der Waals surface area contributed by atoms with Gasteiger partial charge in [0.2, 0.25) is 0 Å². The predicted molar refractivity (Wildman–Crippen MR) is 208 cm³/mol. The van der Waals surface area contributed by atoms with E-state index in [1.807, 2.05) is 0 Å². The van der Waals surface area contributed by atoms with Gasteiger partial charge >= 0.3 is 6.09 Å². The molecule has 4 atom stereocenters. The van der Waals surface area contributed by atoms with E-state index in [0.29, 0.717) is 83.7 Å². The molecule has 1 aliphatic carbocycles. The number of ether oxygens (including phenoxy) is 8. The van der Waals surface area contributed by atoms with Gasteiger partial charge in [-0.3, -0.25) is 0 Å². The standard InChI is InChI=1S/C41H68N2O9/c1-11-17-45-26-40(27-46-18-12-2,28-47-19-13-3)32-51-36(9)42-25-39(10)24-37(23-34(7)35(39)8)43-38(44)52-33-41(29-48-20-14-4,30-49-21-15-5)31-50-22-16-6/h11-16,34-35,37,42H,1-6,9,17-33H2,7-8,10H3,(H,43,44). The minimum Gasteiger partial charge on any atom is -0.479 e. The van der Waals surface area contributed by atoms with E-state index < -0.39 is 16.9 Å². The first-order chi connectivity index (χ1) is 25.0. The van der Waals surface area contributed by atoms with E-state index in [1.54, 1.807) is 36.5 Å². The van der Waals surface area contributed by atoms with Crippen molar-refractivity contribution in [3.63, 3.8) is 0 Å². The molecular weight excluding hydrogens is 664 g/mol. The molecule has 1 rings (SSSR count). The Kier molecular flexibility index (Phi) is 23.9. The predicted octanol–water partition coefficient (Wildman–Crippen LogP) is 6.42. The molecule has 1 aliphatic rings. The second-order valence-electron chi connectivity index (χ2n) is 14.2. The van der Waals surface area contributed by atoms with Crippen LogP contribution in [0.5, 0.6) is 0 Å². The van der Waals surface area contributed by atoms with Crippen LogP contribution in [-0.2, 0) is 37.9 Å². The monoisotopic (exact) mass is 732 g/mol. The number of alkyl carbamates (subject to hydrolysis) is 1. The van der Waals surface area contributed by atoms with E-state index >= 15 is 0 Å². The number of hydrogen-bond donors (Lipinski definition) is 2. The highest BCUT2D eigenvalue weighted by atomic mass is 16.6. The van der Waals surface area contributed by atoms with Gasteiger partial charge in [-0.05, 0) is 36.7 Å². The molecule has 1 fully saturated rings. The van der Waals surface area contributed by atoms with E-state index in [0.717, 1.165) is 12.8 Å². The summed E-state index contributed by atoms with van der Waals surface area (Å²) in [5, 5.41) is 6.54. The minimum absolute atomic E-state index is 0.0380. The fraction of sp³-hybridized carbons (Fsp3) is 0.634. The third-order valence-corrected chi connectivity index (χ3v) is 9.26. The molecule has 0 aromatic carbocycles. The summed E-state index contributed by atoms with van der Waals surface area (Å²) < 4.78 is 47.0. The van der Waals surface area contributed by atoms with Crippen LogP contribution in [0, 0.1) is 28.1 Å². The summed E-state index contributed by atoms with van der Waals surface area (Å²) in [6.07, 6.45) is 11.2. The maximum absolute atomic E-state index is 13.3. The van der Waals surface area contributed by atoms with Crippen molar-refractivity contribution in [1.82, 2.24) is 10.6 Å². The van der Waals surface area contributed by atoms with Crippen LogP contribution in [0.2, 0.25) is 0 Å². The van der Waals surface area contributed by atoms with E-state index in [2.05, 4.69) is 77.5 Å². The second-order valence-corrected chi connectivity index (χ2v) is 14.2. The zero-order valence-corrected chi connectivity index (χ0v) is 32.3. The van der Waals surface area contributed by atoms with Gasteiger partial charge in [-0.15, -0.1) is 39.5 Å². The van der Waals surface area contributed by atoms with Gasteiger partial charge in [0.05, 0.1) is 90.1 Å². The van der Waals surface area contributed by atoms with E-state index in [1.165, 1.54) is 0 Å². The highest BCUT2D eigenvalue weighted by molar-refractivity contribution is 5.67. The van der Waals surface area contributed by atoms with Crippen LogP contribution >= 0.6 is 0 Å². The van der Waals surface area contributed by atoms with Crippen molar-refractivity contribution in [2.75, 3.05) is 99.0 Å². The minimum atomic E-state index is -0.732. The second kappa shape index (κ2) is 26.6. The Hall–Kier alpha value is -3.19. The number of carbonyl (C=O) groups is 1. The normalized spacial score (nSPS) is 20.2. The third-order valence-electron chi connectivity index (χ3n) is 9.26. The quantitative estimate of drug-likeness (QED) is 0.0445. The molecular formula is C41H68N2O9. The van der Waals surface area contributed by atoms with Gasteiger partial charge in [0.25, 0.3) is 0 Å². The lowest BCUT2D eigenvalue weighted by atomic mass is 9.62. The molecule has 2 N–H and O–H groups in total. The van der Waals surface area contributed by atoms with Crippen LogP contribution < -0.4 is 10.6 Å². The van der Waals surface area contributed by atoms with Gasteiger partial charge in [0.1, 0.15) is 13.2 Å². The summed E-state index contributed by atoms with van der Waals surface area (Å²) in [5.41, 5.74) is -1.52. The number of hydrogen-bond acceptors (Lipinski definition) is 10. The van der Waals surface area contributed by atoms with Crippen molar-refractivity contribution < 1.29 is 42.7 Å². The Labute approximate surface area is 314 Å². The van der Waals surface area contributed by atoms with E-state index in [9.17, 15) is 4.79 Å². The van der Waals surface area contributed by atoms with Gasteiger partial charge in [-0.2, -0.15) is 0 Å². The first kappa shape index (κ1) is 46.8. The molecule has 0 saturated heterocycles. The maximum Gasteiger partial charge on any atom is 0.407 e. The first-order valence-corrected chi connectivity index (χ1v) is 18.1. The van der Waals surface area contributed by atoms with Crippen LogP contribution in [0.3, 0.4) is 0 Å². The fourth-order valence-corrected chi connectivity index (χ4v) is 6.19. The van der Waals surface area contributed by atoms with E-state index in [-0.39, 0.29) is 44.5 Å². The Morgan fingerprint density at radius 2 is 1.02 bits per heavy atom. The Bertz CT molecular complexity index is 1020. The molecule has 11 nitrogen and oxygen atoms in total. The van der Waals surface area contributed by atoms with Crippen LogP contribution in [0.15, 0.2) is 88.4 Å². The molecule has 0 aliphatic heterocycles. The van der Waals surface area contributed by atoms with Gasteiger partial charge in [0, 0.05) is 12.6 Å². The highest BCUT2D eigenvalue weighted by Crippen LogP contribution is 2.44. The number of nitrogens with one attached hydrogen (secondary N) is 2. The lowest BCUT2D eigenvalue weighted by molar-refractivity contribution is -0.0896. The van der Waals surface area contributed by atoms with Crippen LogP contribution in [0.1, 0.15) is 33.6 Å². The number of amides is 1. The van der Waals surface area contributed by atoms with Crippen molar-refractivity contribution in [1.29, 1.82) is 0 Å². The number of carbonyl (C=O) groups excluding carboxylic acids is 1. The zero-order chi connectivity index (χ0) is 38.7. The summed E-state index contributed by atoms with van der Waals surface area (Å²) in [6.45, 7) is 38.1. The molecule has 0 spiro atoms. The third kappa shape index (κ3) is 18.0. The molecule has 0 aromatic rings. The summed E-state index contributed by atoms with van der Waals surface area (Å²) in [6, 6.07) is -0.0983. The summed E-state index contributed by atoms with van der Waals surface area (Å²) in [5.74, 6) is 1.12. The summed E-state index contributed by atoms with van der Waals surface area (Å²) >= 11 is 0. The Balaban J connectivity index is 2.94. The van der Waals surface area contributed by atoms with Crippen molar-refractivity contribution in [2.45, 2.75) is 39.7 Å². The average Bonchev–Trinajstić information content (AvgIpc) is 3.12. The van der Waals surface area contributed by atoms with Crippen LogP contribution in [0.25, 0.3) is 0 Å². The molecule has 296 valence electrons. The fourth-order valence-electron chi connectivity index (χ4n) is 6.19. The molecule has 4 unspecified atom stereocenters. The van der Waals surface area contributed by atoms with E-state index in [4.69, 9.17) is 37.9 Å². The first-order valence-electron chi connectivity index (χ1n) is 18.1. The van der Waals surface area contributed by atoms with Crippen molar-refractivity contribution in [2.24, 2.45) is 28.1 Å². The smallest absolute Gasteiger partial charge is 0.407 e. The maximum atomic E-state index is 13.3. The van der Waals surface area contributed by atoms with Gasteiger partial charge in [-0.1, -0.05) is 57.2 Å². The van der Waals surface area contributed by atoms with Gasteiger partial charge < -0.3 is 48.5 Å². The highest BCUT2D eigenvalue weighted by Gasteiger charge is 2.43. The largest absolute Gasteiger partial charge is 0.479 e. The van der Waals surface area contributed by atoms with Crippen molar-refractivity contribution >= 4 is 6.09 Å².